The number of carbonyl (C=O) groups excluding carboxylic acids is 1. The van der Waals surface area contributed by atoms with Crippen molar-refractivity contribution in [2.45, 2.75) is 19.4 Å². The Morgan fingerprint density at radius 1 is 1.50 bits per heavy atom. The summed E-state index contributed by atoms with van der Waals surface area (Å²) in [7, 11) is 0. The van der Waals surface area contributed by atoms with Gasteiger partial charge in [-0.15, -0.1) is 0 Å². The number of amides is 1. The van der Waals surface area contributed by atoms with Crippen LogP contribution in [0.2, 0.25) is 0 Å². The maximum atomic E-state index is 11.3. The van der Waals surface area contributed by atoms with Crippen molar-refractivity contribution in [3.8, 4) is 0 Å². The molecule has 14 heavy (non-hydrogen) atoms. The first-order valence-corrected chi connectivity index (χ1v) is 4.53. The topological polar surface area (TPSA) is 81.1 Å². The van der Waals surface area contributed by atoms with Crippen molar-refractivity contribution >= 4 is 17.3 Å². The SMILES string of the molecule is Cc1cc(N)c2c(c1)CC(N)C(=O)N2. The van der Waals surface area contributed by atoms with Crippen molar-refractivity contribution in [2.75, 3.05) is 11.1 Å². The minimum absolute atomic E-state index is 0.159. The molecule has 1 aromatic carbocycles. The van der Waals surface area contributed by atoms with Crippen molar-refractivity contribution in [2.24, 2.45) is 5.73 Å². The van der Waals surface area contributed by atoms with Gasteiger partial charge in [0.1, 0.15) is 0 Å². The maximum absolute atomic E-state index is 11.3. The molecule has 1 heterocycles. The second kappa shape index (κ2) is 2.99. The Kier molecular flexibility index (Phi) is 1.93. The molecule has 4 heteroatoms. The third-order valence-electron chi connectivity index (χ3n) is 2.42. The third-order valence-corrected chi connectivity index (χ3v) is 2.42. The average molecular weight is 191 g/mol. The summed E-state index contributed by atoms with van der Waals surface area (Å²) in [4.78, 5) is 11.3. The van der Waals surface area contributed by atoms with Gasteiger partial charge in [-0.2, -0.15) is 0 Å². The van der Waals surface area contributed by atoms with Gasteiger partial charge in [-0.25, -0.2) is 0 Å². The highest BCUT2D eigenvalue weighted by molar-refractivity contribution is 6.00. The molecule has 0 radical (unpaired) electrons. The van der Waals surface area contributed by atoms with Gasteiger partial charge in [0.05, 0.1) is 17.4 Å². The van der Waals surface area contributed by atoms with E-state index in [-0.39, 0.29) is 5.91 Å². The summed E-state index contributed by atoms with van der Waals surface area (Å²) in [5.41, 5.74) is 14.9. The molecule has 1 aromatic rings. The van der Waals surface area contributed by atoms with Gasteiger partial charge in [-0.3, -0.25) is 4.79 Å². The normalized spacial score (nSPS) is 20.1. The minimum Gasteiger partial charge on any atom is -0.397 e. The molecule has 0 saturated heterocycles. The molecule has 0 saturated carbocycles. The van der Waals surface area contributed by atoms with Crippen LogP contribution in [0.5, 0.6) is 0 Å². The molecule has 74 valence electrons. The molecule has 1 atom stereocenters. The van der Waals surface area contributed by atoms with Crippen LogP contribution in [0, 0.1) is 6.92 Å². The van der Waals surface area contributed by atoms with Gasteiger partial charge in [0, 0.05) is 0 Å². The van der Waals surface area contributed by atoms with E-state index in [2.05, 4.69) is 5.32 Å². The summed E-state index contributed by atoms with van der Waals surface area (Å²) in [6, 6.07) is 3.39. The largest absolute Gasteiger partial charge is 0.397 e. The van der Waals surface area contributed by atoms with Crippen LogP contribution in [0.1, 0.15) is 11.1 Å². The number of anilines is 2. The number of hydrogen-bond acceptors (Lipinski definition) is 3. The number of nitrogen functional groups attached to an aromatic ring is 1. The van der Waals surface area contributed by atoms with Gasteiger partial charge < -0.3 is 16.8 Å². The van der Waals surface area contributed by atoms with Crippen LogP contribution in [-0.4, -0.2) is 11.9 Å². The fraction of sp³-hybridized carbons (Fsp3) is 0.300. The number of nitrogens with one attached hydrogen (secondary N) is 1. The smallest absolute Gasteiger partial charge is 0.241 e. The second-order valence-electron chi connectivity index (χ2n) is 3.69. The van der Waals surface area contributed by atoms with Crippen LogP contribution in [0.3, 0.4) is 0 Å². The molecule has 1 amide bonds. The summed E-state index contributed by atoms with van der Waals surface area (Å²) >= 11 is 0. The third kappa shape index (κ3) is 1.33. The Morgan fingerprint density at radius 2 is 2.21 bits per heavy atom. The van der Waals surface area contributed by atoms with E-state index < -0.39 is 6.04 Å². The van der Waals surface area contributed by atoms with E-state index >= 15 is 0 Å². The van der Waals surface area contributed by atoms with Gasteiger partial charge in [0.25, 0.3) is 0 Å². The average Bonchev–Trinajstić information content (AvgIpc) is 2.08. The fourth-order valence-electron chi connectivity index (χ4n) is 1.75. The first-order valence-electron chi connectivity index (χ1n) is 4.53. The second-order valence-corrected chi connectivity index (χ2v) is 3.69. The highest BCUT2D eigenvalue weighted by Crippen LogP contribution is 2.29. The van der Waals surface area contributed by atoms with E-state index in [1.807, 2.05) is 19.1 Å². The molecule has 2 rings (SSSR count). The molecule has 0 bridgehead atoms. The van der Waals surface area contributed by atoms with Crippen LogP contribution in [0.25, 0.3) is 0 Å². The highest BCUT2D eigenvalue weighted by Gasteiger charge is 2.24. The van der Waals surface area contributed by atoms with E-state index in [4.69, 9.17) is 11.5 Å². The Hall–Kier alpha value is -1.55. The van der Waals surface area contributed by atoms with Crippen molar-refractivity contribution in [3.05, 3.63) is 23.3 Å². The number of carbonyl (C=O) groups is 1. The van der Waals surface area contributed by atoms with Crippen molar-refractivity contribution in [3.63, 3.8) is 0 Å². The van der Waals surface area contributed by atoms with Crippen LogP contribution in [-0.2, 0) is 11.2 Å². The van der Waals surface area contributed by atoms with Crippen molar-refractivity contribution in [1.29, 1.82) is 0 Å². The van der Waals surface area contributed by atoms with Crippen LogP contribution in [0.15, 0.2) is 12.1 Å². The number of benzene rings is 1. The molecule has 1 aliphatic rings. The Labute approximate surface area is 82.3 Å². The minimum atomic E-state index is -0.455. The van der Waals surface area contributed by atoms with Crippen molar-refractivity contribution < 1.29 is 4.79 Å². The number of hydrogen-bond donors (Lipinski definition) is 3. The van der Waals surface area contributed by atoms with Crippen LogP contribution < -0.4 is 16.8 Å². The number of nitrogens with two attached hydrogens (primary N) is 2. The molecule has 0 spiro atoms. The predicted molar refractivity (Wildman–Crippen MR) is 55.9 cm³/mol. The lowest BCUT2D eigenvalue weighted by molar-refractivity contribution is -0.117. The zero-order valence-corrected chi connectivity index (χ0v) is 8.00. The molecule has 5 N–H and O–H groups in total. The lowest BCUT2D eigenvalue weighted by atomic mass is 9.97. The van der Waals surface area contributed by atoms with Crippen molar-refractivity contribution in [1.82, 2.24) is 0 Å². The molecular formula is C10H13N3O. The zero-order chi connectivity index (χ0) is 10.3. The van der Waals surface area contributed by atoms with E-state index in [9.17, 15) is 4.79 Å². The summed E-state index contributed by atoms with van der Waals surface area (Å²) in [5, 5.41) is 2.72. The Balaban J connectivity index is 2.51. The number of rotatable bonds is 0. The van der Waals surface area contributed by atoms with Crippen LogP contribution in [0.4, 0.5) is 11.4 Å². The maximum Gasteiger partial charge on any atom is 0.241 e. The van der Waals surface area contributed by atoms with Gasteiger partial charge in [0.2, 0.25) is 5.91 Å². The number of fused-ring (bicyclic) bond motifs is 1. The monoisotopic (exact) mass is 191 g/mol. The van der Waals surface area contributed by atoms with E-state index in [0.29, 0.717) is 12.1 Å². The zero-order valence-electron chi connectivity index (χ0n) is 8.00. The summed E-state index contributed by atoms with van der Waals surface area (Å²) in [6.07, 6.45) is 0.563. The quantitative estimate of drug-likeness (QED) is 0.519. The first kappa shape index (κ1) is 9.02. The molecule has 0 fully saturated rings. The Morgan fingerprint density at radius 3 is 2.93 bits per heavy atom. The molecule has 4 nitrogen and oxygen atoms in total. The highest BCUT2D eigenvalue weighted by atomic mass is 16.2. The lowest BCUT2D eigenvalue weighted by Gasteiger charge is -2.23. The summed E-state index contributed by atoms with van der Waals surface area (Å²) in [6.45, 7) is 1.97. The summed E-state index contributed by atoms with van der Waals surface area (Å²) in [5.74, 6) is -0.159. The number of aryl methyl sites for hydroxylation is 1. The molecule has 0 aliphatic carbocycles. The van der Waals surface area contributed by atoms with Gasteiger partial charge >= 0.3 is 0 Å². The first-order chi connectivity index (χ1) is 6.58. The molecule has 1 aliphatic heterocycles. The molecular weight excluding hydrogens is 178 g/mol. The fourth-order valence-corrected chi connectivity index (χ4v) is 1.75. The van der Waals surface area contributed by atoms with Gasteiger partial charge in [-0.1, -0.05) is 6.07 Å². The predicted octanol–water partition coefficient (Wildman–Crippen LogP) is 0.399. The Bertz CT molecular complexity index is 401. The van der Waals surface area contributed by atoms with E-state index in [1.54, 1.807) is 0 Å². The molecule has 1 unspecified atom stereocenters. The standard InChI is InChI=1S/C10H13N3O/c1-5-2-6-4-8(12)10(14)13-9(6)7(11)3-5/h2-3,8H,4,11-12H2,1H3,(H,13,14). The van der Waals surface area contributed by atoms with Gasteiger partial charge in [0.15, 0.2) is 0 Å². The van der Waals surface area contributed by atoms with E-state index in [0.717, 1.165) is 16.8 Å². The lowest BCUT2D eigenvalue weighted by Crippen LogP contribution is -2.41. The summed E-state index contributed by atoms with van der Waals surface area (Å²) < 4.78 is 0. The van der Waals surface area contributed by atoms with E-state index in [1.165, 1.54) is 0 Å². The van der Waals surface area contributed by atoms with Gasteiger partial charge in [-0.05, 0) is 30.5 Å². The van der Waals surface area contributed by atoms with Crippen LogP contribution >= 0.6 is 0 Å². The molecule has 0 aromatic heterocycles.